The number of urea groups is 1. The second kappa shape index (κ2) is 10.0. The number of rotatable bonds is 5. The molecule has 1 unspecified atom stereocenters. The zero-order chi connectivity index (χ0) is 23.3. The molecule has 5 rings (SSSR count). The molecule has 3 aromatic carbocycles. The van der Waals surface area contributed by atoms with Gasteiger partial charge in [0.05, 0.1) is 5.69 Å². The van der Waals surface area contributed by atoms with Crippen molar-refractivity contribution in [2.24, 2.45) is 16.6 Å². The molecular formula is C28H29N5O. The number of amides is 2. The third kappa shape index (κ3) is 5.07. The van der Waals surface area contributed by atoms with Gasteiger partial charge in [-0.2, -0.15) is 4.99 Å². The maximum absolute atomic E-state index is 12.6. The van der Waals surface area contributed by atoms with E-state index in [9.17, 15) is 4.79 Å². The van der Waals surface area contributed by atoms with Gasteiger partial charge >= 0.3 is 6.03 Å². The normalized spacial score (nSPS) is 17.2. The van der Waals surface area contributed by atoms with Gasteiger partial charge in [-0.3, -0.25) is 4.98 Å². The van der Waals surface area contributed by atoms with Crippen LogP contribution in [0.4, 0.5) is 10.5 Å². The van der Waals surface area contributed by atoms with E-state index in [1.807, 2.05) is 24.3 Å². The molecule has 0 bridgehead atoms. The lowest BCUT2D eigenvalue weighted by atomic mass is 9.96. The summed E-state index contributed by atoms with van der Waals surface area (Å²) in [5, 5.41) is 7.32. The van der Waals surface area contributed by atoms with Crippen molar-refractivity contribution >= 4 is 39.1 Å². The highest BCUT2D eigenvalue weighted by Crippen LogP contribution is 2.23. The third-order valence-electron chi connectivity index (χ3n) is 6.61. The lowest BCUT2D eigenvalue weighted by molar-refractivity contribution is 0.206. The highest BCUT2D eigenvalue weighted by molar-refractivity contribution is 6.05. The molecule has 172 valence electrons. The van der Waals surface area contributed by atoms with Gasteiger partial charge in [-0.25, -0.2) is 4.79 Å². The van der Waals surface area contributed by atoms with Gasteiger partial charge in [0, 0.05) is 42.2 Å². The molecule has 3 N–H and O–H groups in total. The summed E-state index contributed by atoms with van der Waals surface area (Å²) in [7, 11) is 0. The highest BCUT2D eigenvalue weighted by atomic mass is 16.2. The number of amidine groups is 1. The fourth-order valence-corrected chi connectivity index (χ4v) is 4.76. The van der Waals surface area contributed by atoms with Crippen LogP contribution in [0.3, 0.4) is 0 Å². The molecule has 0 saturated carbocycles. The van der Waals surface area contributed by atoms with Crippen molar-refractivity contribution in [1.82, 2.24) is 9.88 Å². The first kappa shape index (κ1) is 22.0. The number of piperidine rings is 1. The van der Waals surface area contributed by atoms with Crippen LogP contribution in [-0.2, 0) is 6.42 Å². The van der Waals surface area contributed by atoms with Gasteiger partial charge in [0.2, 0.25) is 0 Å². The molecule has 1 aromatic heterocycles. The lowest BCUT2D eigenvalue weighted by Gasteiger charge is -2.32. The van der Waals surface area contributed by atoms with Crippen LogP contribution in [0.2, 0.25) is 0 Å². The Hall–Kier alpha value is -3.77. The molecular weight excluding hydrogens is 422 g/mol. The number of hydrogen-bond donors (Lipinski definition) is 2. The maximum atomic E-state index is 12.6. The second-order valence-electron chi connectivity index (χ2n) is 8.94. The van der Waals surface area contributed by atoms with E-state index in [1.54, 1.807) is 12.4 Å². The number of aromatic nitrogens is 1. The summed E-state index contributed by atoms with van der Waals surface area (Å²) in [6, 6.07) is 22.3. The van der Waals surface area contributed by atoms with Crippen molar-refractivity contribution < 1.29 is 4.79 Å². The standard InChI is InChI=1S/C28H29N5O/c29-27(32-28(34)31-26-9-3-7-23-18-30-14-12-25(23)26)24-8-4-15-33(19-24)16-13-20-10-11-21-5-1-2-6-22(21)17-20/h1-3,5-7,9-12,14,17-18,24H,4,8,13,15-16,19H2,(H3,29,31,32,34). The van der Waals surface area contributed by atoms with Crippen molar-refractivity contribution in [2.45, 2.75) is 19.3 Å². The predicted octanol–water partition coefficient (Wildman–Crippen LogP) is 5.23. The number of benzene rings is 3. The van der Waals surface area contributed by atoms with Crippen molar-refractivity contribution in [1.29, 1.82) is 0 Å². The number of aliphatic imine (C=N–C) groups is 1. The SMILES string of the molecule is N/C(=N\C(=O)Nc1cccc2cnccc12)C1CCCN(CCc2ccc3ccccc3c2)C1. The van der Waals surface area contributed by atoms with Crippen molar-refractivity contribution in [3.8, 4) is 0 Å². The van der Waals surface area contributed by atoms with Crippen LogP contribution < -0.4 is 11.1 Å². The summed E-state index contributed by atoms with van der Waals surface area (Å²) in [6.07, 6.45) is 6.48. The van der Waals surface area contributed by atoms with Gasteiger partial charge in [-0.1, -0.05) is 54.6 Å². The Morgan fingerprint density at radius 2 is 1.91 bits per heavy atom. The summed E-state index contributed by atoms with van der Waals surface area (Å²) in [5.41, 5.74) is 8.35. The topological polar surface area (TPSA) is 83.6 Å². The summed E-state index contributed by atoms with van der Waals surface area (Å²) in [5.74, 6) is 0.502. The minimum Gasteiger partial charge on any atom is -0.387 e. The van der Waals surface area contributed by atoms with Crippen LogP contribution in [0.1, 0.15) is 18.4 Å². The Labute approximate surface area is 199 Å². The summed E-state index contributed by atoms with van der Waals surface area (Å²) < 4.78 is 0. The number of nitrogens with zero attached hydrogens (tertiary/aromatic N) is 3. The Bertz CT molecular complexity index is 1340. The molecule has 0 spiro atoms. The summed E-state index contributed by atoms with van der Waals surface area (Å²) in [6.45, 7) is 2.85. The number of nitrogens with one attached hydrogen (secondary N) is 1. The van der Waals surface area contributed by atoms with Crippen LogP contribution in [-0.4, -0.2) is 41.4 Å². The Morgan fingerprint density at radius 1 is 1.06 bits per heavy atom. The van der Waals surface area contributed by atoms with Gasteiger partial charge in [0.1, 0.15) is 5.84 Å². The Balaban J connectivity index is 1.19. The fourth-order valence-electron chi connectivity index (χ4n) is 4.76. The molecule has 34 heavy (non-hydrogen) atoms. The number of anilines is 1. The van der Waals surface area contributed by atoms with Gasteiger partial charge in [0.25, 0.3) is 0 Å². The first-order valence-electron chi connectivity index (χ1n) is 11.8. The number of nitrogens with two attached hydrogens (primary N) is 1. The summed E-state index contributed by atoms with van der Waals surface area (Å²) in [4.78, 5) is 23.4. The number of pyridine rings is 1. The Morgan fingerprint density at radius 3 is 2.82 bits per heavy atom. The van der Waals surface area contributed by atoms with E-state index in [4.69, 9.17) is 5.73 Å². The number of carbonyl (C=O) groups is 1. The molecule has 1 atom stereocenters. The van der Waals surface area contributed by atoms with Gasteiger partial charge < -0.3 is 16.0 Å². The van der Waals surface area contributed by atoms with Crippen LogP contribution >= 0.6 is 0 Å². The number of hydrogen-bond acceptors (Lipinski definition) is 3. The monoisotopic (exact) mass is 451 g/mol. The van der Waals surface area contributed by atoms with Crippen molar-refractivity contribution in [3.05, 3.63) is 84.7 Å². The van der Waals surface area contributed by atoms with Gasteiger partial charge in [-0.15, -0.1) is 0 Å². The maximum Gasteiger partial charge on any atom is 0.347 e. The van der Waals surface area contributed by atoms with E-state index in [-0.39, 0.29) is 5.92 Å². The second-order valence-corrected chi connectivity index (χ2v) is 8.94. The van der Waals surface area contributed by atoms with E-state index in [1.165, 1.54) is 16.3 Å². The first-order chi connectivity index (χ1) is 16.7. The van der Waals surface area contributed by atoms with Gasteiger partial charge in [-0.05, 0) is 54.3 Å². The molecule has 2 amide bonds. The summed E-state index contributed by atoms with van der Waals surface area (Å²) >= 11 is 0. The van der Waals surface area contributed by atoms with Crippen LogP contribution in [0.15, 0.2) is 84.1 Å². The Kier molecular flexibility index (Phi) is 6.49. The number of carbonyl (C=O) groups excluding carboxylic acids is 1. The van der Waals surface area contributed by atoms with E-state index in [0.717, 1.165) is 49.7 Å². The fraction of sp³-hybridized carbons (Fsp3) is 0.250. The van der Waals surface area contributed by atoms with Crippen LogP contribution in [0, 0.1) is 5.92 Å². The zero-order valence-electron chi connectivity index (χ0n) is 19.2. The number of fused-ring (bicyclic) bond motifs is 2. The molecule has 2 heterocycles. The quantitative estimate of drug-likeness (QED) is 0.321. The first-order valence-corrected chi connectivity index (χ1v) is 11.8. The third-order valence-corrected chi connectivity index (χ3v) is 6.61. The zero-order valence-corrected chi connectivity index (χ0v) is 19.2. The minimum absolute atomic E-state index is 0.0906. The molecule has 4 aromatic rings. The van der Waals surface area contributed by atoms with E-state index in [2.05, 4.69) is 62.7 Å². The van der Waals surface area contributed by atoms with E-state index < -0.39 is 6.03 Å². The molecule has 1 fully saturated rings. The van der Waals surface area contributed by atoms with Crippen molar-refractivity contribution in [3.63, 3.8) is 0 Å². The largest absolute Gasteiger partial charge is 0.387 e. The van der Waals surface area contributed by atoms with E-state index in [0.29, 0.717) is 11.5 Å². The molecule has 1 saturated heterocycles. The number of likely N-dealkylation sites (tertiary alicyclic amines) is 1. The molecule has 1 aliphatic rings. The van der Waals surface area contributed by atoms with Crippen LogP contribution in [0.5, 0.6) is 0 Å². The van der Waals surface area contributed by atoms with E-state index >= 15 is 0 Å². The molecule has 1 aliphatic heterocycles. The van der Waals surface area contributed by atoms with Gasteiger partial charge in [0.15, 0.2) is 0 Å². The molecule has 0 radical (unpaired) electrons. The van der Waals surface area contributed by atoms with Crippen molar-refractivity contribution in [2.75, 3.05) is 25.0 Å². The average molecular weight is 452 g/mol. The lowest BCUT2D eigenvalue weighted by Crippen LogP contribution is -2.42. The molecule has 6 heteroatoms. The molecule has 6 nitrogen and oxygen atoms in total. The average Bonchev–Trinajstić information content (AvgIpc) is 2.87. The minimum atomic E-state index is -0.435. The van der Waals surface area contributed by atoms with Crippen LogP contribution in [0.25, 0.3) is 21.5 Å². The molecule has 0 aliphatic carbocycles. The smallest absolute Gasteiger partial charge is 0.347 e. The predicted molar refractivity (Wildman–Crippen MR) is 139 cm³/mol. The highest BCUT2D eigenvalue weighted by Gasteiger charge is 2.23.